The van der Waals surface area contributed by atoms with Crippen LogP contribution >= 0.6 is 0 Å². The molecule has 4 rings (SSSR count). The molecule has 0 amide bonds. The Morgan fingerprint density at radius 2 is 2.16 bits per heavy atom. The van der Waals surface area contributed by atoms with E-state index in [1.54, 1.807) is 6.26 Å². The number of nitrogens with zero attached hydrogens (tertiary/aromatic N) is 3. The van der Waals surface area contributed by atoms with Gasteiger partial charge in [0.2, 0.25) is 0 Å². The first-order chi connectivity index (χ1) is 12.3. The van der Waals surface area contributed by atoms with E-state index in [4.69, 9.17) is 13.7 Å². The van der Waals surface area contributed by atoms with Crippen LogP contribution in [0.5, 0.6) is 5.75 Å². The van der Waals surface area contributed by atoms with Crippen molar-refractivity contribution in [2.45, 2.75) is 12.6 Å². The monoisotopic (exact) mass is 340 g/mol. The molecule has 0 spiro atoms. The number of piperazine rings is 1. The topological polar surface area (TPSA) is 76.6 Å². The summed E-state index contributed by atoms with van der Waals surface area (Å²) in [7, 11) is 2.06. The smallest absolute Gasteiger partial charge is 0.294 e. The standard InChI is InChI=1S/C18H20N4O3/c1-22-9-8-19-11-15(22)17-20-18(25-21-17)16-13(7-10-23-16)12-24-14-5-3-2-4-6-14/h2-7,10,15,19H,8-9,11-12H2,1H3. The van der Waals surface area contributed by atoms with Crippen LogP contribution in [0.3, 0.4) is 0 Å². The number of likely N-dealkylation sites (N-methyl/N-ethyl adjacent to an activating group) is 1. The third kappa shape index (κ3) is 3.42. The molecule has 1 saturated heterocycles. The number of benzene rings is 1. The number of hydrogen-bond acceptors (Lipinski definition) is 7. The SMILES string of the molecule is CN1CCNCC1c1noc(-c2occc2COc2ccccc2)n1. The summed E-state index contributed by atoms with van der Waals surface area (Å²) in [4.78, 5) is 6.75. The average molecular weight is 340 g/mol. The Labute approximate surface area is 145 Å². The molecule has 0 aliphatic carbocycles. The minimum Gasteiger partial charge on any atom is -0.489 e. The number of aromatic nitrogens is 2. The van der Waals surface area contributed by atoms with Crippen LogP contribution in [-0.2, 0) is 6.61 Å². The van der Waals surface area contributed by atoms with Gasteiger partial charge in [-0.25, -0.2) is 0 Å². The van der Waals surface area contributed by atoms with Crippen molar-refractivity contribution in [2.24, 2.45) is 0 Å². The normalized spacial score (nSPS) is 18.4. The van der Waals surface area contributed by atoms with Gasteiger partial charge in [0, 0.05) is 25.2 Å². The molecule has 2 aromatic heterocycles. The lowest BCUT2D eigenvalue weighted by molar-refractivity contribution is 0.190. The average Bonchev–Trinajstić information content (AvgIpc) is 3.30. The molecule has 130 valence electrons. The van der Waals surface area contributed by atoms with Crippen LogP contribution in [0.15, 0.2) is 51.6 Å². The van der Waals surface area contributed by atoms with Gasteiger partial charge in [0.25, 0.3) is 5.89 Å². The van der Waals surface area contributed by atoms with E-state index in [1.165, 1.54) is 0 Å². The van der Waals surface area contributed by atoms with E-state index in [0.717, 1.165) is 30.9 Å². The minimum absolute atomic E-state index is 0.102. The minimum atomic E-state index is 0.102. The summed E-state index contributed by atoms with van der Waals surface area (Å²) in [6.07, 6.45) is 1.61. The molecule has 7 nitrogen and oxygen atoms in total. The fourth-order valence-corrected chi connectivity index (χ4v) is 2.87. The molecule has 1 N–H and O–H groups in total. The van der Waals surface area contributed by atoms with Crippen LogP contribution in [0.25, 0.3) is 11.7 Å². The molecule has 7 heteroatoms. The highest BCUT2D eigenvalue weighted by Gasteiger charge is 2.26. The molecular formula is C18H20N4O3. The highest BCUT2D eigenvalue weighted by Crippen LogP contribution is 2.27. The van der Waals surface area contributed by atoms with Gasteiger partial charge in [-0.15, -0.1) is 0 Å². The summed E-state index contributed by atoms with van der Waals surface area (Å²) in [5.41, 5.74) is 0.870. The summed E-state index contributed by atoms with van der Waals surface area (Å²) in [5, 5.41) is 7.49. The van der Waals surface area contributed by atoms with E-state index >= 15 is 0 Å². The molecule has 3 aromatic rings. The zero-order valence-corrected chi connectivity index (χ0v) is 14.0. The van der Waals surface area contributed by atoms with Gasteiger partial charge in [0.1, 0.15) is 12.4 Å². The maximum Gasteiger partial charge on any atom is 0.294 e. The number of nitrogens with one attached hydrogen (secondary N) is 1. The maximum absolute atomic E-state index is 5.78. The summed E-state index contributed by atoms with van der Waals surface area (Å²) in [5.74, 6) is 2.40. The van der Waals surface area contributed by atoms with Crippen molar-refractivity contribution in [1.82, 2.24) is 20.4 Å². The number of ether oxygens (including phenoxy) is 1. The molecule has 3 heterocycles. The van der Waals surface area contributed by atoms with E-state index in [9.17, 15) is 0 Å². The fourth-order valence-electron chi connectivity index (χ4n) is 2.87. The number of para-hydroxylation sites is 1. The van der Waals surface area contributed by atoms with Gasteiger partial charge in [-0.2, -0.15) is 4.98 Å². The second-order valence-electron chi connectivity index (χ2n) is 6.03. The van der Waals surface area contributed by atoms with E-state index in [-0.39, 0.29) is 6.04 Å². The molecule has 1 aliphatic rings. The quantitative estimate of drug-likeness (QED) is 0.764. The highest BCUT2D eigenvalue weighted by atomic mass is 16.5. The third-order valence-corrected chi connectivity index (χ3v) is 4.33. The Hall–Kier alpha value is -2.64. The first-order valence-electron chi connectivity index (χ1n) is 8.30. The van der Waals surface area contributed by atoms with Crippen LogP contribution in [0, 0.1) is 0 Å². The summed E-state index contributed by atoms with van der Waals surface area (Å²) in [6, 6.07) is 11.6. The predicted molar refractivity (Wildman–Crippen MR) is 91.0 cm³/mol. The highest BCUT2D eigenvalue weighted by molar-refractivity contribution is 5.50. The van der Waals surface area contributed by atoms with Crippen LogP contribution in [0.1, 0.15) is 17.4 Å². The second kappa shape index (κ2) is 7.08. The number of rotatable bonds is 5. The van der Waals surface area contributed by atoms with Crippen molar-refractivity contribution in [2.75, 3.05) is 26.7 Å². The number of hydrogen-bond donors (Lipinski definition) is 1. The molecule has 1 aliphatic heterocycles. The lowest BCUT2D eigenvalue weighted by Crippen LogP contribution is -2.44. The van der Waals surface area contributed by atoms with Gasteiger partial charge in [0.05, 0.1) is 12.3 Å². The van der Waals surface area contributed by atoms with Gasteiger partial charge in [-0.1, -0.05) is 23.4 Å². The Bertz CT molecular complexity index is 815. The van der Waals surface area contributed by atoms with Crippen LogP contribution < -0.4 is 10.1 Å². The molecule has 1 fully saturated rings. The molecule has 1 unspecified atom stereocenters. The second-order valence-corrected chi connectivity index (χ2v) is 6.03. The van der Waals surface area contributed by atoms with Crippen molar-refractivity contribution in [1.29, 1.82) is 0 Å². The van der Waals surface area contributed by atoms with Crippen molar-refractivity contribution >= 4 is 0 Å². The molecular weight excluding hydrogens is 320 g/mol. The summed E-state index contributed by atoms with van der Waals surface area (Å²) < 4.78 is 16.8. The fraction of sp³-hybridized carbons (Fsp3) is 0.333. The molecule has 0 saturated carbocycles. The summed E-state index contributed by atoms with van der Waals surface area (Å²) >= 11 is 0. The number of furan rings is 1. The van der Waals surface area contributed by atoms with E-state index < -0.39 is 0 Å². The molecule has 0 radical (unpaired) electrons. The van der Waals surface area contributed by atoms with Crippen molar-refractivity contribution in [3.8, 4) is 17.4 Å². The molecule has 1 atom stereocenters. The van der Waals surface area contributed by atoms with Crippen LogP contribution in [0.2, 0.25) is 0 Å². The first kappa shape index (κ1) is 15.9. The first-order valence-corrected chi connectivity index (χ1v) is 8.30. The largest absolute Gasteiger partial charge is 0.489 e. The summed E-state index contributed by atoms with van der Waals surface area (Å²) in [6.45, 7) is 3.10. The lowest BCUT2D eigenvalue weighted by Gasteiger charge is -2.30. The third-order valence-electron chi connectivity index (χ3n) is 4.33. The van der Waals surface area contributed by atoms with Gasteiger partial charge in [-0.05, 0) is 25.2 Å². The zero-order valence-electron chi connectivity index (χ0n) is 14.0. The van der Waals surface area contributed by atoms with E-state index in [1.807, 2.05) is 36.4 Å². The maximum atomic E-state index is 5.78. The molecule has 0 bridgehead atoms. The van der Waals surface area contributed by atoms with Crippen molar-refractivity contribution < 1.29 is 13.7 Å². The lowest BCUT2D eigenvalue weighted by atomic mass is 10.2. The molecule has 1 aromatic carbocycles. The van der Waals surface area contributed by atoms with Gasteiger partial charge in [-0.3, -0.25) is 4.90 Å². The van der Waals surface area contributed by atoms with Gasteiger partial charge >= 0.3 is 0 Å². The Kier molecular flexibility index (Phi) is 4.49. The van der Waals surface area contributed by atoms with E-state index in [2.05, 4.69) is 27.4 Å². The molecule has 25 heavy (non-hydrogen) atoms. The Morgan fingerprint density at radius 3 is 3.00 bits per heavy atom. The van der Waals surface area contributed by atoms with Gasteiger partial charge < -0.3 is 19.0 Å². The zero-order chi connectivity index (χ0) is 17.1. The van der Waals surface area contributed by atoms with Crippen molar-refractivity contribution in [3.05, 3.63) is 54.0 Å². The predicted octanol–water partition coefficient (Wildman–Crippen LogP) is 2.48. The Balaban J connectivity index is 1.50. The van der Waals surface area contributed by atoms with Gasteiger partial charge in [0.15, 0.2) is 11.6 Å². The van der Waals surface area contributed by atoms with Crippen LogP contribution in [-0.4, -0.2) is 41.7 Å². The van der Waals surface area contributed by atoms with Crippen molar-refractivity contribution in [3.63, 3.8) is 0 Å². The Morgan fingerprint density at radius 1 is 1.28 bits per heavy atom. The van der Waals surface area contributed by atoms with E-state index in [0.29, 0.717) is 24.1 Å². The van der Waals surface area contributed by atoms with Crippen LogP contribution in [0.4, 0.5) is 0 Å².